The molecule has 8 heteroatoms. The Balaban J connectivity index is 1.77. The van der Waals surface area contributed by atoms with Crippen LogP contribution in [0.3, 0.4) is 0 Å². The molecular formula is C27H29N3O5. The van der Waals surface area contributed by atoms with Gasteiger partial charge in [-0.2, -0.15) is 4.89 Å². The number of benzene rings is 3. The van der Waals surface area contributed by atoms with E-state index in [2.05, 4.69) is 29.0 Å². The van der Waals surface area contributed by atoms with E-state index in [-0.39, 0.29) is 11.4 Å². The van der Waals surface area contributed by atoms with Gasteiger partial charge in [0.05, 0.1) is 19.7 Å². The topological polar surface area (TPSA) is 82.2 Å². The first-order chi connectivity index (χ1) is 16.7. The number of hydrogen-bond acceptors (Lipinski definition) is 7. The quantitative estimate of drug-likeness (QED) is 0.326. The van der Waals surface area contributed by atoms with Crippen LogP contribution in [0.4, 0.5) is 0 Å². The van der Waals surface area contributed by atoms with E-state index < -0.39 is 0 Å². The monoisotopic (exact) mass is 475 g/mol. The molecule has 1 N–H and O–H groups in total. The number of amides is 1. The molecule has 4 aromatic rings. The predicted molar refractivity (Wildman–Crippen MR) is 135 cm³/mol. The SMILES string of the molecule is COc1cc2c(C(=O)NCC(C)(C)N(C)C)cc3c4cc5c(cc4ncc3c2cc1OC)OOC5. The highest BCUT2D eigenvalue weighted by Crippen LogP contribution is 2.40. The van der Waals surface area contributed by atoms with Gasteiger partial charge in [-0.25, -0.2) is 0 Å². The maximum atomic E-state index is 13.6. The number of methoxy groups -OCH3 is 2. The summed E-state index contributed by atoms with van der Waals surface area (Å²) in [6.07, 6.45) is 1.82. The Hall–Kier alpha value is -3.62. The van der Waals surface area contributed by atoms with E-state index in [0.717, 1.165) is 38.0 Å². The van der Waals surface area contributed by atoms with Gasteiger partial charge >= 0.3 is 0 Å². The molecule has 182 valence electrons. The fourth-order valence-corrected chi connectivity index (χ4v) is 4.29. The van der Waals surface area contributed by atoms with Crippen LogP contribution in [0.1, 0.15) is 29.8 Å². The first-order valence-electron chi connectivity index (χ1n) is 11.4. The molecule has 1 aliphatic rings. The van der Waals surface area contributed by atoms with Crippen molar-refractivity contribution in [3.8, 4) is 17.2 Å². The third kappa shape index (κ3) is 3.88. The molecule has 0 unspecified atom stereocenters. The van der Waals surface area contributed by atoms with Gasteiger partial charge in [-0.3, -0.25) is 9.78 Å². The zero-order valence-corrected chi connectivity index (χ0v) is 20.8. The largest absolute Gasteiger partial charge is 0.493 e. The van der Waals surface area contributed by atoms with Crippen molar-refractivity contribution in [3.05, 3.63) is 47.7 Å². The average molecular weight is 476 g/mol. The number of pyridine rings is 1. The number of rotatable bonds is 6. The molecule has 1 amide bonds. The van der Waals surface area contributed by atoms with E-state index in [1.54, 1.807) is 14.2 Å². The Morgan fingerprint density at radius 3 is 2.37 bits per heavy atom. The van der Waals surface area contributed by atoms with Crippen LogP contribution >= 0.6 is 0 Å². The molecule has 0 fully saturated rings. The lowest BCUT2D eigenvalue weighted by atomic mass is 9.94. The molecule has 0 atom stereocenters. The Labute approximate surface area is 203 Å². The second-order valence-electron chi connectivity index (χ2n) is 9.61. The van der Waals surface area contributed by atoms with Crippen molar-refractivity contribution >= 4 is 38.4 Å². The molecule has 0 radical (unpaired) electrons. The van der Waals surface area contributed by atoms with Crippen molar-refractivity contribution in [2.75, 3.05) is 34.9 Å². The fourth-order valence-electron chi connectivity index (χ4n) is 4.29. The fraction of sp³-hybridized carbons (Fsp3) is 0.333. The molecule has 0 saturated heterocycles. The van der Waals surface area contributed by atoms with E-state index in [0.29, 0.717) is 36.0 Å². The van der Waals surface area contributed by atoms with Crippen molar-refractivity contribution in [3.63, 3.8) is 0 Å². The summed E-state index contributed by atoms with van der Waals surface area (Å²) < 4.78 is 11.1. The lowest BCUT2D eigenvalue weighted by Crippen LogP contribution is -2.48. The summed E-state index contributed by atoms with van der Waals surface area (Å²) in [5, 5.41) is 7.51. The third-order valence-corrected chi connectivity index (χ3v) is 6.98. The van der Waals surface area contributed by atoms with Crippen molar-refractivity contribution in [2.45, 2.75) is 26.0 Å². The average Bonchev–Trinajstić information content (AvgIpc) is 3.31. The lowest BCUT2D eigenvalue weighted by Gasteiger charge is -2.32. The number of likely N-dealkylation sites (N-methyl/N-ethyl adjacent to an activating group) is 1. The van der Waals surface area contributed by atoms with Gasteiger partial charge in [-0.1, -0.05) is 0 Å². The van der Waals surface area contributed by atoms with Gasteiger partial charge in [0.2, 0.25) is 0 Å². The van der Waals surface area contributed by atoms with Gasteiger partial charge in [0.25, 0.3) is 5.91 Å². The maximum Gasteiger partial charge on any atom is 0.252 e. The molecule has 0 saturated carbocycles. The highest BCUT2D eigenvalue weighted by molar-refractivity contribution is 6.22. The number of ether oxygens (including phenoxy) is 2. The van der Waals surface area contributed by atoms with Gasteiger partial charge in [0.1, 0.15) is 6.61 Å². The van der Waals surface area contributed by atoms with Crippen LogP contribution in [0.15, 0.2) is 36.5 Å². The molecule has 5 rings (SSSR count). The van der Waals surface area contributed by atoms with E-state index in [9.17, 15) is 4.79 Å². The van der Waals surface area contributed by atoms with Crippen LogP contribution in [0, 0.1) is 0 Å². The molecule has 0 spiro atoms. The maximum absolute atomic E-state index is 13.6. The Morgan fingerprint density at radius 1 is 1.00 bits per heavy atom. The molecule has 1 aliphatic heterocycles. The zero-order chi connectivity index (χ0) is 24.9. The summed E-state index contributed by atoms with van der Waals surface area (Å²) in [6, 6.07) is 9.60. The number of nitrogens with zero attached hydrogens (tertiary/aromatic N) is 2. The lowest BCUT2D eigenvalue weighted by molar-refractivity contribution is -0.194. The smallest absolute Gasteiger partial charge is 0.252 e. The van der Waals surface area contributed by atoms with Gasteiger partial charge in [0, 0.05) is 46.2 Å². The van der Waals surface area contributed by atoms with Crippen LogP contribution in [-0.2, 0) is 11.5 Å². The van der Waals surface area contributed by atoms with Gasteiger partial charge in [-0.05, 0) is 68.4 Å². The summed E-state index contributed by atoms with van der Waals surface area (Å²) in [5.74, 6) is 1.66. The summed E-state index contributed by atoms with van der Waals surface area (Å²) in [5.41, 5.74) is 2.06. The number of hydrogen-bond donors (Lipinski definition) is 1. The Kier molecular flexibility index (Phi) is 5.65. The number of aromatic nitrogens is 1. The summed E-state index contributed by atoms with van der Waals surface area (Å²) in [6.45, 7) is 5.03. The van der Waals surface area contributed by atoms with Crippen LogP contribution in [0.5, 0.6) is 17.2 Å². The Morgan fingerprint density at radius 2 is 1.69 bits per heavy atom. The molecule has 8 nitrogen and oxygen atoms in total. The Bertz CT molecular complexity index is 1480. The third-order valence-electron chi connectivity index (χ3n) is 6.98. The van der Waals surface area contributed by atoms with E-state index in [4.69, 9.17) is 19.2 Å². The number of nitrogens with one attached hydrogen (secondary N) is 1. The number of carbonyl (C=O) groups excluding carboxylic acids is 1. The van der Waals surface area contributed by atoms with Crippen LogP contribution in [-0.4, -0.2) is 56.2 Å². The molecular weight excluding hydrogens is 446 g/mol. The second kappa shape index (κ2) is 8.55. The highest BCUT2D eigenvalue weighted by atomic mass is 17.2. The number of carbonyl (C=O) groups is 1. The van der Waals surface area contributed by atoms with E-state index in [1.165, 1.54) is 0 Å². The minimum atomic E-state index is -0.208. The first kappa shape index (κ1) is 23.1. The molecule has 3 aromatic carbocycles. The molecule has 1 aromatic heterocycles. The van der Waals surface area contributed by atoms with Gasteiger partial charge in [-0.15, -0.1) is 0 Å². The predicted octanol–water partition coefficient (Wildman–Crippen LogP) is 4.45. The summed E-state index contributed by atoms with van der Waals surface area (Å²) in [4.78, 5) is 30.8. The highest BCUT2D eigenvalue weighted by Gasteiger charge is 2.24. The van der Waals surface area contributed by atoms with Crippen molar-refractivity contribution in [2.24, 2.45) is 0 Å². The molecule has 2 heterocycles. The zero-order valence-electron chi connectivity index (χ0n) is 20.8. The van der Waals surface area contributed by atoms with E-state index in [1.807, 2.05) is 50.6 Å². The minimum absolute atomic E-state index is 0.156. The van der Waals surface area contributed by atoms with Crippen LogP contribution < -0.4 is 19.7 Å². The molecule has 0 bridgehead atoms. The van der Waals surface area contributed by atoms with Crippen molar-refractivity contribution in [1.29, 1.82) is 0 Å². The van der Waals surface area contributed by atoms with E-state index >= 15 is 0 Å². The van der Waals surface area contributed by atoms with Crippen molar-refractivity contribution in [1.82, 2.24) is 15.2 Å². The molecule has 0 aliphatic carbocycles. The van der Waals surface area contributed by atoms with Crippen molar-refractivity contribution < 1.29 is 24.0 Å². The first-order valence-corrected chi connectivity index (χ1v) is 11.4. The second-order valence-corrected chi connectivity index (χ2v) is 9.61. The van der Waals surface area contributed by atoms with Gasteiger partial charge < -0.3 is 24.6 Å². The van der Waals surface area contributed by atoms with Crippen LogP contribution in [0.2, 0.25) is 0 Å². The minimum Gasteiger partial charge on any atom is -0.493 e. The number of fused-ring (bicyclic) bond motifs is 6. The summed E-state index contributed by atoms with van der Waals surface area (Å²) >= 11 is 0. The molecule has 35 heavy (non-hydrogen) atoms. The standard InChI is InChI=1S/C27H29N3O5/c1-27(2,30(3)4)14-29-26(31)20-8-16-19-7-15-13-34-35-23(15)11-22(19)28-12-21(16)18-10-25(33-6)24(32-5)9-17(18)20/h7-12H,13-14H2,1-6H3,(H,29,31). The van der Waals surface area contributed by atoms with Crippen LogP contribution in [0.25, 0.3) is 32.4 Å². The van der Waals surface area contributed by atoms with Gasteiger partial charge in [0.15, 0.2) is 17.2 Å². The summed E-state index contributed by atoms with van der Waals surface area (Å²) in [7, 11) is 7.19. The normalized spacial score (nSPS) is 13.3.